The third kappa shape index (κ3) is 3.58. The summed E-state index contributed by atoms with van der Waals surface area (Å²) < 4.78 is 5.59. The van der Waals surface area contributed by atoms with Crippen molar-refractivity contribution in [1.82, 2.24) is 10.2 Å². The van der Waals surface area contributed by atoms with Crippen molar-refractivity contribution in [1.29, 1.82) is 0 Å². The van der Waals surface area contributed by atoms with E-state index in [0.29, 0.717) is 18.4 Å². The Kier molecular flexibility index (Phi) is 4.75. The van der Waals surface area contributed by atoms with E-state index in [1.54, 1.807) is 6.07 Å². The van der Waals surface area contributed by atoms with Crippen molar-refractivity contribution in [2.75, 3.05) is 39.0 Å². The van der Waals surface area contributed by atoms with Crippen LogP contribution < -0.4 is 15.8 Å². The highest BCUT2D eigenvalue weighted by Crippen LogP contribution is 2.26. The minimum Gasteiger partial charge on any atom is -0.493 e. The normalized spacial score (nSPS) is 19.8. The number of nitrogens with two attached hydrogens (primary N) is 1. The van der Waals surface area contributed by atoms with E-state index in [-0.39, 0.29) is 11.4 Å². The van der Waals surface area contributed by atoms with E-state index in [9.17, 15) is 10.1 Å². The zero-order chi connectivity index (χ0) is 14.5. The van der Waals surface area contributed by atoms with Gasteiger partial charge in [0.05, 0.1) is 17.6 Å². The summed E-state index contributed by atoms with van der Waals surface area (Å²) in [5.74, 6) is 0.484. The Morgan fingerprint density at radius 2 is 2.40 bits per heavy atom. The molecule has 1 aromatic rings. The first kappa shape index (κ1) is 14.5. The predicted octanol–water partition coefficient (Wildman–Crippen LogP) is 0.849. The van der Waals surface area contributed by atoms with Gasteiger partial charge in [0.25, 0.3) is 5.69 Å². The lowest BCUT2D eigenvalue weighted by atomic mass is 10.1. The van der Waals surface area contributed by atoms with Crippen LogP contribution in [-0.2, 0) is 0 Å². The number of nitrogens with zero attached hydrogens (tertiary/aromatic N) is 2. The lowest BCUT2D eigenvalue weighted by Crippen LogP contribution is -2.49. The number of anilines is 1. The van der Waals surface area contributed by atoms with Crippen molar-refractivity contribution in [2.24, 2.45) is 0 Å². The van der Waals surface area contributed by atoms with Crippen molar-refractivity contribution in [3.8, 4) is 5.75 Å². The Labute approximate surface area is 117 Å². The Balaban J connectivity index is 1.87. The number of nitro groups is 1. The van der Waals surface area contributed by atoms with Crippen LogP contribution in [0, 0.1) is 10.1 Å². The largest absolute Gasteiger partial charge is 0.493 e. The minimum atomic E-state index is -0.499. The van der Waals surface area contributed by atoms with E-state index in [2.05, 4.69) is 17.3 Å². The van der Waals surface area contributed by atoms with Gasteiger partial charge in [-0.25, -0.2) is 0 Å². The summed E-state index contributed by atoms with van der Waals surface area (Å²) in [6.45, 7) is 3.51. The number of hydrogen-bond acceptors (Lipinski definition) is 6. The highest BCUT2D eigenvalue weighted by atomic mass is 16.6. The van der Waals surface area contributed by atoms with Crippen LogP contribution in [0.2, 0.25) is 0 Å². The molecule has 1 aliphatic rings. The molecule has 3 N–H and O–H groups in total. The summed E-state index contributed by atoms with van der Waals surface area (Å²) in [4.78, 5) is 12.6. The molecule has 110 valence electrons. The van der Waals surface area contributed by atoms with Crippen molar-refractivity contribution in [2.45, 2.75) is 12.5 Å². The molecule has 1 unspecified atom stereocenters. The van der Waals surface area contributed by atoms with Crippen LogP contribution >= 0.6 is 0 Å². The first-order chi connectivity index (χ1) is 9.58. The number of likely N-dealkylation sites (N-methyl/N-ethyl adjacent to an activating group) is 1. The summed E-state index contributed by atoms with van der Waals surface area (Å²) in [6.07, 6.45) is 0.877. The zero-order valence-electron chi connectivity index (χ0n) is 11.5. The second-order valence-electron chi connectivity index (χ2n) is 4.95. The fourth-order valence-corrected chi connectivity index (χ4v) is 2.27. The zero-order valence-corrected chi connectivity index (χ0v) is 11.5. The number of nitro benzene ring substituents is 1. The molecule has 0 bridgehead atoms. The Hall–Kier alpha value is -1.86. The monoisotopic (exact) mass is 280 g/mol. The van der Waals surface area contributed by atoms with Crippen LogP contribution in [0.15, 0.2) is 18.2 Å². The van der Waals surface area contributed by atoms with Crippen molar-refractivity contribution in [3.63, 3.8) is 0 Å². The van der Waals surface area contributed by atoms with E-state index in [1.807, 2.05) is 0 Å². The number of piperazine rings is 1. The van der Waals surface area contributed by atoms with Gasteiger partial charge in [0, 0.05) is 25.7 Å². The van der Waals surface area contributed by atoms with Gasteiger partial charge < -0.3 is 20.7 Å². The van der Waals surface area contributed by atoms with Gasteiger partial charge in [-0.2, -0.15) is 0 Å². The summed E-state index contributed by atoms with van der Waals surface area (Å²) in [5.41, 5.74) is 5.58. The molecule has 1 fully saturated rings. The first-order valence-electron chi connectivity index (χ1n) is 6.65. The third-order valence-electron chi connectivity index (χ3n) is 3.56. The number of ether oxygens (including phenoxy) is 1. The van der Waals surface area contributed by atoms with Crippen molar-refractivity contribution >= 4 is 11.4 Å². The number of benzene rings is 1. The van der Waals surface area contributed by atoms with E-state index in [4.69, 9.17) is 10.5 Å². The van der Waals surface area contributed by atoms with Crippen molar-refractivity contribution < 1.29 is 9.66 Å². The predicted molar refractivity (Wildman–Crippen MR) is 76.9 cm³/mol. The van der Waals surface area contributed by atoms with Gasteiger partial charge >= 0.3 is 0 Å². The van der Waals surface area contributed by atoms with Crippen LogP contribution in [0.1, 0.15) is 6.42 Å². The molecule has 1 saturated heterocycles. The van der Waals surface area contributed by atoms with Crippen LogP contribution in [0.4, 0.5) is 11.4 Å². The molecule has 1 heterocycles. The topological polar surface area (TPSA) is 93.7 Å². The molecule has 7 nitrogen and oxygen atoms in total. The standard InChI is InChI=1S/C13H20N4O3/c1-16-6-5-15-9-10(16)4-7-20-11-2-3-12(14)13(8-11)17(18)19/h2-3,8,10,15H,4-7,9,14H2,1H3. The van der Waals surface area contributed by atoms with Crippen LogP contribution in [0.25, 0.3) is 0 Å². The number of nitrogens with one attached hydrogen (secondary N) is 1. The second kappa shape index (κ2) is 6.53. The van der Waals surface area contributed by atoms with Gasteiger partial charge in [-0.1, -0.05) is 0 Å². The van der Waals surface area contributed by atoms with Gasteiger partial charge in [-0.05, 0) is 25.6 Å². The van der Waals surface area contributed by atoms with Gasteiger partial charge in [-0.15, -0.1) is 0 Å². The maximum absolute atomic E-state index is 10.8. The van der Waals surface area contributed by atoms with E-state index < -0.39 is 4.92 Å². The molecule has 0 saturated carbocycles. The molecule has 0 radical (unpaired) electrons. The van der Waals surface area contributed by atoms with Gasteiger partial charge in [-0.3, -0.25) is 10.1 Å². The summed E-state index contributed by atoms with van der Waals surface area (Å²) in [5, 5.41) is 14.1. The molecule has 0 amide bonds. The Morgan fingerprint density at radius 3 is 3.10 bits per heavy atom. The van der Waals surface area contributed by atoms with Crippen LogP contribution in [-0.4, -0.2) is 49.2 Å². The molecule has 1 atom stereocenters. The smallest absolute Gasteiger partial charge is 0.295 e. The lowest BCUT2D eigenvalue weighted by Gasteiger charge is -2.32. The molecule has 0 aromatic heterocycles. The number of hydrogen-bond donors (Lipinski definition) is 2. The summed E-state index contributed by atoms with van der Waals surface area (Å²) in [6, 6.07) is 4.97. The molecule has 2 rings (SSSR count). The SMILES string of the molecule is CN1CCNCC1CCOc1ccc(N)c([N+](=O)[O-])c1. The molecular weight excluding hydrogens is 260 g/mol. The highest BCUT2D eigenvalue weighted by Gasteiger charge is 2.18. The van der Waals surface area contributed by atoms with Gasteiger partial charge in [0.2, 0.25) is 0 Å². The molecule has 1 aliphatic heterocycles. The molecule has 1 aromatic carbocycles. The molecule has 7 heteroatoms. The summed E-state index contributed by atoms with van der Waals surface area (Å²) in [7, 11) is 2.10. The molecule has 0 aliphatic carbocycles. The number of rotatable bonds is 5. The average Bonchev–Trinajstić information content (AvgIpc) is 2.42. The Bertz CT molecular complexity index is 481. The van der Waals surface area contributed by atoms with Gasteiger partial charge in [0.15, 0.2) is 0 Å². The maximum Gasteiger partial charge on any atom is 0.295 e. The summed E-state index contributed by atoms with van der Waals surface area (Å²) >= 11 is 0. The quantitative estimate of drug-likeness (QED) is 0.472. The molecule has 0 spiro atoms. The highest BCUT2D eigenvalue weighted by molar-refractivity contribution is 5.60. The van der Waals surface area contributed by atoms with Crippen LogP contribution in [0.5, 0.6) is 5.75 Å². The third-order valence-corrected chi connectivity index (χ3v) is 3.56. The van der Waals surface area contributed by atoms with Gasteiger partial charge in [0.1, 0.15) is 11.4 Å². The van der Waals surface area contributed by atoms with E-state index in [1.165, 1.54) is 12.1 Å². The first-order valence-corrected chi connectivity index (χ1v) is 6.65. The minimum absolute atomic E-state index is 0.112. The fraction of sp³-hybridized carbons (Fsp3) is 0.538. The van der Waals surface area contributed by atoms with Crippen molar-refractivity contribution in [3.05, 3.63) is 28.3 Å². The number of nitrogen functional groups attached to an aromatic ring is 1. The van der Waals surface area contributed by atoms with E-state index >= 15 is 0 Å². The average molecular weight is 280 g/mol. The van der Waals surface area contributed by atoms with Crippen LogP contribution in [0.3, 0.4) is 0 Å². The second-order valence-corrected chi connectivity index (χ2v) is 4.95. The maximum atomic E-state index is 10.8. The molecule has 20 heavy (non-hydrogen) atoms. The Morgan fingerprint density at radius 1 is 1.60 bits per heavy atom. The molecular formula is C13H20N4O3. The lowest BCUT2D eigenvalue weighted by molar-refractivity contribution is -0.384. The fourth-order valence-electron chi connectivity index (χ4n) is 2.27. The van der Waals surface area contributed by atoms with E-state index in [0.717, 1.165) is 26.1 Å².